The Kier molecular flexibility index (Phi) is 7.02. The van der Waals surface area contributed by atoms with Gasteiger partial charge in [0.05, 0.1) is 12.6 Å². The van der Waals surface area contributed by atoms with Crippen LogP contribution < -0.4 is 0 Å². The molecule has 122 valence electrons. The van der Waals surface area contributed by atoms with Crippen molar-refractivity contribution < 1.29 is 9.59 Å². The van der Waals surface area contributed by atoms with Gasteiger partial charge in [-0.3, -0.25) is 0 Å². The third-order valence-electron chi connectivity index (χ3n) is 5.57. The maximum absolute atomic E-state index is 10.3. The zero-order valence-electron chi connectivity index (χ0n) is 13.7. The minimum absolute atomic E-state index is 0.230. The van der Waals surface area contributed by atoms with Gasteiger partial charge in [-0.05, 0) is 81.5 Å². The van der Waals surface area contributed by atoms with Gasteiger partial charge in [0.25, 0.3) is 0 Å². The Morgan fingerprint density at radius 2 is 1.64 bits per heavy atom. The van der Waals surface area contributed by atoms with Gasteiger partial charge < -0.3 is 0 Å². The summed E-state index contributed by atoms with van der Waals surface area (Å²) in [7, 11) is 0. The Morgan fingerprint density at radius 1 is 0.909 bits per heavy atom. The zero-order valence-corrected chi connectivity index (χ0v) is 13.7. The lowest BCUT2D eigenvalue weighted by Gasteiger charge is -2.36. The van der Waals surface area contributed by atoms with Gasteiger partial charge in [0.15, 0.2) is 0 Å². The van der Waals surface area contributed by atoms with Crippen molar-refractivity contribution >= 4 is 12.2 Å². The van der Waals surface area contributed by atoms with E-state index < -0.39 is 0 Å². The van der Waals surface area contributed by atoms with Crippen LogP contribution in [-0.2, 0) is 9.59 Å². The predicted molar refractivity (Wildman–Crippen MR) is 86.1 cm³/mol. The first-order chi connectivity index (χ1) is 10.7. The molecule has 4 heteroatoms. The number of aliphatic imine (C=N–C) groups is 2. The van der Waals surface area contributed by atoms with Crippen LogP contribution in [0.4, 0.5) is 0 Å². The molecule has 0 amide bonds. The van der Waals surface area contributed by atoms with Crippen molar-refractivity contribution in [3.63, 3.8) is 0 Å². The normalized spacial score (nSPS) is 35.2. The molecule has 22 heavy (non-hydrogen) atoms. The molecule has 0 N–H and O–H groups in total. The van der Waals surface area contributed by atoms with Crippen LogP contribution in [0.15, 0.2) is 9.98 Å². The Balaban J connectivity index is 1.76. The summed E-state index contributed by atoms with van der Waals surface area (Å²) in [6.45, 7) is 3.00. The van der Waals surface area contributed by atoms with Crippen molar-refractivity contribution in [1.29, 1.82) is 0 Å². The van der Waals surface area contributed by atoms with Crippen LogP contribution in [0.3, 0.4) is 0 Å². The van der Waals surface area contributed by atoms with Crippen molar-refractivity contribution in [2.45, 2.75) is 70.8 Å². The van der Waals surface area contributed by atoms with Gasteiger partial charge in [-0.15, -0.1) is 0 Å². The van der Waals surface area contributed by atoms with Crippen molar-refractivity contribution in [2.75, 3.05) is 6.54 Å². The highest BCUT2D eigenvalue weighted by atomic mass is 16.1. The van der Waals surface area contributed by atoms with E-state index in [4.69, 9.17) is 0 Å². The summed E-state index contributed by atoms with van der Waals surface area (Å²) in [4.78, 5) is 28.1. The van der Waals surface area contributed by atoms with Crippen LogP contribution in [0, 0.1) is 23.7 Å². The lowest BCUT2D eigenvalue weighted by molar-refractivity contribution is 0.159. The average Bonchev–Trinajstić information content (AvgIpc) is 2.49. The molecule has 2 aliphatic rings. The Hall–Kier alpha value is -1.24. The third-order valence-corrected chi connectivity index (χ3v) is 5.57. The largest absolute Gasteiger partial charge is 0.235 e. The van der Waals surface area contributed by atoms with Crippen molar-refractivity contribution in [1.82, 2.24) is 0 Å². The molecule has 2 aliphatic carbocycles. The van der Waals surface area contributed by atoms with E-state index in [0.717, 1.165) is 42.9 Å². The maximum atomic E-state index is 10.3. The number of carbonyl (C=O) groups excluding carboxylic acids is 2. The smallest absolute Gasteiger partial charge is 0.211 e. The molecule has 2 rings (SSSR count). The molecule has 3 unspecified atom stereocenters. The minimum Gasteiger partial charge on any atom is -0.211 e. The molecule has 0 bridgehead atoms. The molecule has 0 heterocycles. The molecule has 0 aromatic rings. The number of hydrogen-bond acceptors (Lipinski definition) is 4. The van der Waals surface area contributed by atoms with Crippen LogP contribution in [0.5, 0.6) is 0 Å². The van der Waals surface area contributed by atoms with E-state index in [1.807, 2.05) is 0 Å². The minimum atomic E-state index is 0.230. The second kappa shape index (κ2) is 9.02. The first-order valence-corrected chi connectivity index (χ1v) is 8.81. The van der Waals surface area contributed by atoms with Crippen LogP contribution in [0.1, 0.15) is 64.7 Å². The van der Waals surface area contributed by atoms with Gasteiger partial charge in [0, 0.05) is 0 Å². The first-order valence-electron chi connectivity index (χ1n) is 8.81. The van der Waals surface area contributed by atoms with Crippen LogP contribution in [0.2, 0.25) is 0 Å². The molecule has 2 saturated carbocycles. The molecule has 0 spiro atoms. The summed E-state index contributed by atoms with van der Waals surface area (Å²) in [5, 5.41) is 0. The topological polar surface area (TPSA) is 58.9 Å². The Morgan fingerprint density at radius 3 is 2.32 bits per heavy atom. The Labute approximate surface area is 133 Å². The molecule has 3 atom stereocenters. The molecule has 0 aliphatic heterocycles. The summed E-state index contributed by atoms with van der Waals surface area (Å²) < 4.78 is 0. The van der Waals surface area contributed by atoms with E-state index in [1.54, 1.807) is 12.2 Å². The molecule has 2 fully saturated rings. The SMILES string of the molecule is CC1CC(CCN=C=O)CC(CC2CCC(N=C=O)CC2)C1. The number of rotatable bonds is 6. The molecule has 0 aromatic carbocycles. The molecular weight excluding hydrogens is 276 g/mol. The summed E-state index contributed by atoms with van der Waals surface area (Å²) >= 11 is 0. The van der Waals surface area contributed by atoms with Gasteiger partial charge in [-0.1, -0.05) is 6.92 Å². The molecule has 0 radical (unpaired) electrons. The van der Waals surface area contributed by atoms with Crippen LogP contribution >= 0.6 is 0 Å². The van der Waals surface area contributed by atoms with Crippen molar-refractivity contribution in [3.05, 3.63) is 0 Å². The van der Waals surface area contributed by atoms with E-state index >= 15 is 0 Å². The van der Waals surface area contributed by atoms with E-state index in [1.165, 1.54) is 38.5 Å². The first kappa shape index (κ1) is 17.1. The highest BCUT2D eigenvalue weighted by molar-refractivity contribution is 5.33. The maximum Gasteiger partial charge on any atom is 0.235 e. The fourth-order valence-corrected chi connectivity index (χ4v) is 4.67. The average molecular weight is 304 g/mol. The number of nitrogens with zero attached hydrogens (tertiary/aromatic N) is 2. The summed E-state index contributed by atoms with van der Waals surface area (Å²) in [5.74, 6) is 3.15. The number of hydrogen-bond donors (Lipinski definition) is 0. The molecule has 4 nitrogen and oxygen atoms in total. The van der Waals surface area contributed by atoms with Crippen molar-refractivity contribution in [3.8, 4) is 0 Å². The zero-order chi connectivity index (χ0) is 15.8. The van der Waals surface area contributed by atoms with E-state index in [-0.39, 0.29) is 6.04 Å². The molecular formula is C18H28N2O2. The lowest BCUT2D eigenvalue weighted by Crippen LogP contribution is -2.26. The second-order valence-corrected chi connectivity index (χ2v) is 7.44. The van der Waals surface area contributed by atoms with Crippen LogP contribution in [-0.4, -0.2) is 24.7 Å². The number of isocyanates is 2. The summed E-state index contributed by atoms with van der Waals surface area (Å²) in [6.07, 6.45) is 14.2. The standard InChI is InChI=1S/C18H28N2O2/c1-14-8-16(6-7-19-12-21)11-17(9-14)10-15-2-4-18(5-3-15)20-13-22/h14-18H,2-11H2,1H3. The predicted octanol–water partition coefficient (Wildman–Crippen LogP) is 4.05. The third kappa shape index (κ3) is 5.51. The molecule has 0 saturated heterocycles. The van der Waals surface area contributed by atoms with E-state index in [2.05, 4.69) is 16.9 Å². The van der Waals surface area contributed by atoms with E-state index in [9.17, 15) is 9.59 Å². The fourth-order valence-electron chi connectivity index (χ4n) is 4.67. The van der Waals surface area contributed by atoms with Crippen LogP contribution in [0.25, 0.3) is 0 Å². The van der Waals surface area contributed by atoms with Gasteiger partial charge in [-0.2, -0.15) is 0 Å². The Bertz CT molecular complexity index is 430. The van der Waals surface area contributed by atoms with E-state index in [0.29, 0.717) is 6.54 Å². The van der Waals surface area contributed by atoms with Gasteiger partial charge in [-0.25, -0.2) is 19.6 Å². The monoisotopic (exact) mass is 304 g/mol. The second-order valence-electron chi connectivity index (χ2n) is 7.44. The molecule has 0 aromatic heterocycles. The summed E-state index contributed by atoms with van der Waals surface area (Å²) in [5.41, 5.74) is 0. The van der Waals surface area contributed by atoms with Gasteiger partial charge >= 0.3 is 0 Å². The fraction of sp³-hybridized carbons (Fsp3) is 0.889. The summed E-state index contributed by atoms with van der Waals surface area (Å²) in [6, 6.07) is 0.230. The van der Waals surface area contributed by atoms with Crippen molar-refractivity contribution in [2.24, 2.45) is 33.7 Å². The highest BCUT2D eigenvalue weighted by Gasteiger charge is 2.29. The van der Waals surface area contributed by atoms with Gasteiger partial charge in [0.1, 0.15) is 0 Å². The highest BCUT2D eigenvalue weighted by Crippen LogP contribution is 2.40. The lowest BCUT2D eigenvalue weighted by atomic mass is 9.70. The van der Waals surface area contributed by atoms with Gasteiger partial charge in [0.2, 0.25) is 12.2 Å². The quantitative estimate of drug-likeness (QED) is 0.549.